The van der Waals surface area contributed by atoms with Crippen LogP contribution in [0.4, 0.5) is 23.2 Å². The summed E-state index contributed by atoms with van der Waals surface area (Å²) in [7, 11) is 0. The second-order valence-electron chi connectivity index (χ2n) is 7.93. The molecule has 1 fully saturated rings. The first kappa shape index (κ1) is 25.8. The molecule has 2 unspecified atom stereocenters. The predicted octanol–water partition coefficient (Wildman–Crippen LogP) is 7.50. The van der Waals surface area contributed by atoms with Crippen molar-refractivity contribution < 1.29 is 27.2 Å². The largest absolute Gasteiger partial charge is 0.319 e. The molecule has 0 heterocycles. The van der Waals surface area contributed by atoms with Crippen molar-refractivity contribution in [2.24, 2.45) is 5.92 Å². The van der Waals surface area contributed by atoms with E-state index in [1.165, 1.54) is 18.2 Å². The van der Waals surface area contributed by atoms with Crippen molar-refractivity contribution in [3.05, 3.63) is 98.5 Å². The first-order valence-corrected chi connectivity index (χ1v) is 11.5. The Morgan fingerprint density at radius 1 is 0.914 bits per heavy atom. The minimum absolute atomic E-state index is 0.0255. The third-order valence-electron chi connectivity index (χ3n) is 5.63. The van der Waals surface area contributed by atoms with Gasteiger partial charge in [0.15, 0.2) is 0 Å². The van der Waals surface area contributed by atoms with Crippen molar-refractivity contribution in [1.29, 1.82) is 0 Å². The van der Waals surface area contributed by atoms with Crippen LogP contribution in [0.2, 0.25) is 10.0 Å². The molecule has 4 rings (SSSR count). The molecule has 0 saturated heterocycles. The third-order valence-corrected chi connectivity index (χ3v) is 7.25. The summed E-state index contributed by atoms with van der Waals surface area (Å²) in [6.45, 7) is 0. The Labute approximate surface area is 216 Å². The van der Waals surface area contributed by atoms with Gasteiger partial charge in [0.05, 0.1) is 22.2 Å². The van der Waals surface area contributed by atoms with Crippen molar-refractivity contribution in [3.8, 4) is 0 Å². The fourth-order valence-electron chi connectivity index (χ4n) is 3.84. The third kappa shape index (κ3) is 5.00. The average molecular weight is 565 g/mol. The van der Waals surface area contributed by atoms with Crippen LogP contribution in [0.15, 0.2) is 48.5 Å². The van der Waals surface area contributed by atoms with Gasteiger partial charge in [0.1, 0.15) is 38.4 Å². The summed E-state index contributed by atoms with van der Waals surface area (Å²) in [5, 5.41) is 1.59. The van der Waals surface area contributed by atoms with Crippen molar-refractivity contribution >= 4 is 63.8 Å². The highest BCUT2D eigenvalue weighted by atomic mass is 35.5. The average Bonchev–Trinajstić information content (AvgIpc) is 3.36. The fraction of sp³-hybridized carbons (Fsp3) is 0.167. The van der Waals surface area contributed by atoms with E-state index in [9.17, 15) is 27.2 Å². The Hall–Kier alpha value is -2.32. The number of carbonyl (C=O) groups is 2. The van der Waals surface area contributed by atoms with Gasteiger partial charge in [0, 0.05) is 18.4 Å². The zero-order valence-corrected chi connectivity index (χ0v) is 20.3. The Kier molecular flexibility index (Phi) is 7.08. The van der Waals surface area contributed by atoms with Crippen LogP contribution in [0.1, 0.15) is 27.4 Å². The van der Waals surface area contributed by atoms with Gasteiger partial charge in [0.2, 0.25) is 0 Å². The van der Waals surface area contributed by atoms with E-state index in [4.69, 9.17) is 46.4 Å². The number of benzene rings is 3. The number of anilines is 1. The highest BCUT2D eigenvalue weighted by Crippen LogP contribution is 2.66. The van der Waals surface area contributed by atoms with Gasteiger partial charge in [-0.3, -0.25) is 9.59 Å². The molecule has 0 aromatic heterocycles. The van der Waals surface area contributed by atoms with E-state index in [0.717, 1.165) is 24.3 Å². The monoisotopic (exact) mass is 563 g/mol. The number of hydrogen-bond acceptors (Lipinski definition) is 2. The molecule has 35 heavy (non-hydrogen) atoms. The molecule has 1 amide bonds. The van der Waals surface area contributed by atoms with Crippen LogP contribution < -0.4 is 5.32 Å². The fourth-order valence-corrected chi connectivity index (χ4v) is 5.08. The summed E-state index contributed by atoms with van der Waals surface area (Å²) in [5.74, 6) is -7.00. The zero-order valence-electron chi connectivity index (χ0n) is 17.3. The zero-order chi connectivity index (χ0) is 25.7. The molecule has 1 N–H and O–H groups in total. The summed E-state index contributed by atoms with van der Waals surface area (Å²) in [5.41, 5.74) is -0.0509. The molecule has 1 saturated carbocycles. The molecule has 11 heteroatoms. The van der Waals surface area contributed by atoms with E-state index >= 15 is 0 Å². The lowest BCUT2D eigenvalue weighted by molar-refractivity contribution is -0.119. The first-order chi connectivity index (χ1) is 16.4. The highest BCUT2D eigenvalue weighted by Gasteiger charge is 2.67. The van der Waals surface area contributed by atoms with Gasteiger partial charge in [-0.05, 0) is 41.5 Å². The maximum Gasteiger partial charge on any atom is 0.257 e. The van der Waals surface area contributed by atoms with E-state index in [0.29, 0.717) is 11.6 Å². The lowest BCUT2D eigenvalue weighted by Crippen LogP contribution is -2.15. The van der Waals surface area contributed by atoms with E-state index in [2.05, 4.69) is 5.32 Å². The van der Waals surface area contributed by atoms with Gasteiger partial charge in [-0.25, -0.2) is 17.6 Å². The Bertz CT molecular complexity index is 1370. The Morgan fingerprint density at radius 2 is 1.63 bits per heavy atom. The summed E-state index contributed by atoms with van der Waals surface area (Å²) in [4.78, 5) is 25.6. The van der Waals surface area contributed by atoms with Gasteiger partial charge < -0.3 is 5.32 Å². The van der Waals surface area contributed by atoms with Crippen LogP contribution in [-0.2, 0) is 11.2 Å². The summed E-state index contributed by atoms with van der Waals surface area (Å²) < 4.78 is 53.3. The first-order valence-electron chi connectivity index (χ1n) is 10.0. The van der Waals surface area contributed by atoms with Crippen LogP contribution in [-0.4, -0.2) is 16.0 Å². The van der Waals surface area contributed by atoms with Crippen molar-refractivity contribution in [2.75, 3.05) is 5.32 Å². The lowest BCUT2D eigenvalue weighted by atomic mass is 10.0. The highest BCUT2D eigenvalue weighted by molar-refractivity contribution is 6.53. The van der Waals surface area contributed by atoms with Gasteiger partial charge in [-0.2, -0.15) is 0 Å². The van der Waals surface area contributed by atoms with E-state index < -0.39 is 56.2 Å². The molecule has 3 aromatic carbocycles. The molecule has 2 atom stereocenters. The van der Waals surface area contributed by atoms with Gasteiger partial charge >= 0.3 is 0 Å². The van der Waals surface area contributed by atoms with Crippen LogP contribution in [0, 0.1) is 29.2 Å². The molecule has 1 aliphatic rings. The predicted molar refractivity (Wildman–Crippen MR) is 127 cm³/mol. The lowest BCUT2D eigenvalue weighted by Gasteiger charge is -2.10. The topological polar surface area (TPSA) is 46.2 Å². The number of ketones is 1. The van der Waals surface area contributed by atoms with Crippen LogP contribution in [0.25, 0.3) is 0 Å². The van der Waals surface area contributed by atoms with Crippen LogP contribution in [0.3, 0.4) is 0 Å². The second-order valence-corrected chi connectivity index (χ2v) is 10.2. The maximum atomic E-state index is 14.5. The van der Waals surface area contributed by atoms with Gasteiger partial charge in [-0.1, -0.05) is 35.3 Å². The van der Waals surface area contributed by atoms with E-state index in [-0.39, 0.29) is 28.3 Å². The minimum atomic E-state index is -1.63. The number of nitrogens with one attached hydrogen (secondary N) is 1. The molecule has 3 aromatic rings. The van der Waals surface area contributed by atoms with E-state index in [1.807, 2.05) is 0 Å². The molecule has 0 bridgehead atoms. The summed E-state index contributed by atoms with van der Waals surface area (Å²) in [6.07, 6.45) is -0.235. The number of rotatable bonds is 6. The molecule has 0 spiro atoms. The van der Waals surface area contributed by atoms with E-state index in [1.54, 1.807) is 0 Å². The van der Waals surface area contributed by atoms with Gasteiger partial charge in [0.25, 0.3) is 5.91 Å². The molecule has 182 valence electrons. The molecule has 0 radical (unpaired) electrons. The smallest absolute Gasteiger partial charge is 0.257 e. The molecular formula is C24H13Cl4F4NO2. The summed E-state index contributed by atoms with van der Waals surface area (Å²) >= 11 is 24.2. The number of carbonyl (C=O) groups excluding carboxylic acids is 2. The normalized spacial score (nSPS) is 18.3. The van der Waals surface area contributed by atoms with Crippen LogP contribution >= 0.6 is 46.4 Å². The van der Waals surface area contributed by atoms with Crippen LogP contribution in [0.5, 0.6) is 0 Å². The number of hydrogen-bond donors (Lipinski definition) is 1. The number of amides is 1. The number of halogens is 8. The van der Waals surface area contributed by atoms with Gasteiger partial charge in [-0.15, -0.1) is 23.2 Å². The van der Waals surface area contributed by atoms with Crippen molar-refractivity contribution in [3.63, 3.8) is 0 Å². The van der Waals surface area contributed by atoms with Crippen molar-refractivity contribution in [2.45, 2.75) is 16.7 Å². The SMILES string of the molecule is O=C(Nc1ccc(F)cc1F)c1cc(CC(=O)C2C(c3ccc(F)c(Cl)c3F)C2(Cl)Cl)ccc1Cl. The Morgan fingerprint density at radius 3 is 2.31 bits per heavy atom. The summed E-state index contributed by atoms with van der Waals surface area (Å²) in [6, 6.07) is 8.92. The standard InChI is InChI=1S/C24H13Cl4F4NO2/c25-14-4-1-10(7-13(14)23(35)33-17-6-2-11(29)9-16(17)31)8-18(34)20-19(24(20,27)28)12-3-5-15(30)21(26)22(12)32/h1-7,9,19-20H,8H2,(H,33,35). The molecule has 1 aliphatic carbocycles. The minimum Gasteiger partial charge on any atom is -0.319 e. The number of Topliss-reactive ketones (excluding diaryl/α,β-unsaturated/α-hetero) is 1. The quantitative estimate of drug-likeness (QED) is 0.191. The second kappa shape index (κ2) is 9.62. The maximum absolute atomic E-state index is 14.5. The number of alkyl halides is 2. The Balaban J connectivity index is 1.53. The van der Waals surface area contributed by atoms with Crippen molar-refractivity contribution in [1.82, 2.24) is 0 Å². The molecule has 3 nitrogen and oxygen atoms in total. The molecule has 0 aliphatic heterocycles. The molecular weight excluding hydrogens is 552 g/mol.